The third-order valence-corrected chi connectivity index (χ3v) is 7.43. The molecule has 7 nitrogen and oxygen atoms in total. The Morgan fingerprint density at radius 2 is 2.03 bits per heavy atom. The number of esters is 1. The van der Waals surface area contributed by atoms with Gasteiger partial charge in [-0.2, -0.15) is 0 Å². The highest BCUT2D eigenvalue weighted by atomic mass is 32.2. The van der Waals surface area contributed by atoms with E-state index >= 15 is 0 Å². The van der Waals surface area contributed by atoms with E-state index in [0.717, 1.165) is 10.4 Å². The number of nitrogens with zero attached hydrogens (tertiary/aromatic N) is 1. The third kappa shape index (κ3) is 4.47. The van der Waals surface area contributed by atoms with Crippen molar-refractivity contribution in [3.8, 4) is 5.75 Å². The second kappa shape index (κ2) is 9.15. The largest absolute Gasteiger partial charge is 0.497 e. The Labute approximate surface area is 188 Å². The zero-order valence-electron chi connectivity index (χ0n) is 16.9. The normalized spacial score (nSPS) is 22.4. The van der Waals surface area contributed by atoms with Crippen molar-refractivity contribution in [2.24, 2.45) is 0 Å². The first kappa shape index (κ1) is 21.5. The van der Waals surface area contributed by atoms with Gasteiger partial charge >= 0.3 is 5.97 Å². The highest BCUT2D eigenvalue weighted by molar-refractivity contribution is 8.00. The summed E-state index contributed by atoms with van der Waals surface area (Å²) in [5.74, 6) is 0.235. The number of β-lactam (4-membered cyclic amide) rings is 1. The van der Waals surface area contributed by atoms with E-state index in [2.05, 4.69) is 11.9 Å². The maximum absolute atomic E-state index is 12.8. The van der Waals surface area contributed by atoms with Crippen molar-refractivity contribution in [1.82, 2.24) is 10.2 Å². The van der Waals surface area contributed by atoms with Gasteiger partial charge in [-0.3, -0.25) is 9.59 Å². The fourth-order valence-electron chi connectivity index (χ4n) is 3.57. The lowest BCUT2D eigenvalue weighted by Crippen LogP contribution is -2.74. The molecule has 2 amide bonds. The highest BCUT2D eigenvalue weighted by Crippen LogP contribution is 2.40. The molecule has 1 aromatic heterocycles. The molecule has 2 fully saturated rings. The van der Waals surface area contributed by atoms with Gasteiger partial charge in [-0.25, -0.2) is 4.79 Å². The van der Waals surface area contributed by atoms with Crippen LogP contribution >= 0.6 is 23.1 Å². The van der Waals surface area contributed by atoms with Crippen LogP contribution in [0.5, 0.6) is 5.75 Å². The molecule has 1 aromatic carbocycles. The molecule has 31 heavy (non-hydrogen) atoms. The van der Waals surface area contributed by atoms with Crippen LogP contribution in [0.15, 0.2) is 53.9 Å². The molecule has 0 spiro atoms. The summed E-state index contributed by atoms with van der Waals surface area (Å²) in [5.41, 5.74) is 1.44. The van der Waals surface area contributed by atoms with E-state index in [-0.39, 0.29) is 30.2 Å². The van der Waals surface area contributed by atoms with E-state index in [1.165, 1.54) is 28.0 Å². The number of carbonyl (C=O) groups is 3. The first-order valence-corrected chi connectivity index (χ1v) is 11.6. The number of benzene rings is 1. The van der Waals surface area contributed by atoms with Gasteiger partial charge in [0.25, 0.3) is 0 Å². The molecule has 9 heteroatoms. The molecule has 2 aromatic rings. The second-order valence-electron chi connectivity index (χ2n) is 7.26. The van der Waals surface area contributed by atoms with Crippen LogP contribution in [0.25, 0.3) is 0 Å². The van der Waals surface area contributed by atoms with E-state index in [1.807, 2.05) is 29.6 Å². The molecular formula is C22H22N2O5S2. The highest BCUT2D eigenvalue weighted by Gasteiger charge is 2.56. The molecule has 2 saturated heterocycles. The smallest absolute Gasteiger partial charge is 0.333 e. The summed E-state index contributed by atoms with van der Waals surface area (Å²) >= 11 is 2.99. The predicted molar refractivity (Wildman–Crippen MR) is 119 cm³/mol. The first-order chi connectivity index (χ1) is 15.0. The zero-order valence-corrected chi connectivity index (χ0v) is 18.5. The van der Waals surface area contributed by atoms with Crippen molar-refractivity contribution in [1.29, 1.82) is 0 Å². The second-order valence-corrected chi connectivity index (χ2v) is 9.40. The van der Waals surface area contributed by atoms with Gasteiger partial charge in [-0.05, 0) is 34.7 Å². The molecule has 1 N–H and O–H groups in total. The molecule has 0 radical (unpaired) electrons. The number of carbonyl (C=O) groups excluding carboxylic acids is 3. The van der Waals surface area contributed by atoms with Crippen molar-refractivity contribution in [2.45, 2.75) is 30.5 Å². The Morgan fingerprint density at radius 1 is 1.26 bits per heavy atom. The number of hydrogen-bond acceptors (Lipinski definition) is 7. The number of thioether (sulfide) groups is 1. The van der Waals surface area contributed by atoms with Gasteiger partial charge in [0.05, 0.1) is 13.5 Å². The molecule has 162 valence electrons. The SMILES string of the molecule is C=C1CS[C@H]2C(NC(=O)Cc3cccs3)C(=O)N2C1C(=O)OCc1ccc(OC)cc1. The van der Waals surface area contributed by atoms with Gasteiger partial charge in [-0.1, -0.05) is 24.8 Å². The molecule has 4 rings (SSSR count). The fraction of sp³-hybridized carbons (Fsp3) is 0.318. The Kier molecular flexibility index (Phi) is 6.33. The quantitative estimate of drug-likeness (QED) is 0.390. The summed E-state index contributed by atoms with van der Waals surface area (Å²) in [5, 5.41) is 4.41. The Balaban J connectivity index is 1.36. The monoisotopic (exact) mass is 458 g/mol. The fourth-order valence-corrected chi connectivity index (χ4v) is 5.58. The molecule has 2 aliphatic heterocycles. The van der Waals surface area contributed by atoms with E-state index in [0.29, 0.717) is 17.1 Å². The number of rotatable bonds is 7. The van der Waals surface area contributed by atoms with Gasteiger partial charge in [0.2, 0.25) is 11.8 Å². The summed E-state index contributed by atoms with van der Waals surface area (Å²) < 4.78 is 10.6. The number of thiophene rings is 1. The standard InChI is InChI=1S/C22H22N2O5S2/c1-13-12-31-21-18(23-17(25)10-16-4-3-9-30-16)20(26)24(21)19(13)22(27)29-11-14-5-7-15(28-2)8-6-14/h3-9,18-19,21H,1,10-12H2,2H3,(H,23,25)/t18?,19?,21-/m0/s1. The Bertz CT molecular complexity index is 990. The number of fused-ring (bicyclic) bond motifs is 1. The van der Waals surface area contributed by atoms with Gasteiger partial charge in [0.15, 0.2) is 6.04 Å². The summed E-state index contributed by atoms with van der Waals surface area (Å²) in [6, 6.07) is 9.50. The minimum Gasteiger partial charge on any atom is -0.497 e. The van der Waals surface area contributed by atoms with Crippen LogP contribution in [0, 0.1) is 0 Å². The minimum atomic E-state index is -0.831. The maximum atomic E-state index is 12.8. The molecule has 0 saturated carbocycles. The maximum Gasteiger partial charge on any atom is 0.333 e. The Morgan fingerprint density at radius 3 is 2.71 bits per heavy atom. The molecule has 3 atom stereocenters. The minimum absolute atomic E-state index is 0.0907. The van der Waals surface area contributed by atoms with Crippen LogP contribution in [0.4, 0.5) is 0 Å². The Hall–Kier alpha value is -2.78. The zero-order chi connectivity index (χ0) is 22.0. The predicted octanol–water partition coefficient (Wildman–Crippen LogP) is 2.37. The molecule has 2 aliphatic rings. The van der Waals surface area contributed by atoms with Gasteiger partial charge in [0.1, 0.15) is 23.8 Å². The first-order valence-electron chi connectivity index (χ1n) is 9.70. The van der Waals surface area contributed by atoms with Gasteiger partial charge < -0.3 is 19.7 Å². The van der Waals surface area contributed by atoms with E-state index in [1.54, 1.807) is 19.2 Å². The number of hydrogen-bond donors (Lipinski definition) is 1. The third-order valence-electron chi connectivity index (χ3n) is 5.18. The van der Waals surface area contributed by atoms with Crippen molar-refractivity contribution in [3.63, 3.8) is 0 Å². The molecule has 2 unspecified atom stereocenters. The average molecular weight is 459 g/mol. The van der Waals surface area contributed by atoms with Crippen LogP contribution in [0.1, 0.15) is 10.4 Å². The lowest BCUT2D eigenvalue weighted by molar-refractivity contribution is -0.164. The van der Waals surface area contributed by atoms with Gasteiger partial charge in [0, 0.05) is 10.6 Å². The van der Waals surface area contributed by atoms with Crippen molar-refractivity contribution in [3.05, 3.63) is 64.4 Å². The lowest BCUT2D eigenvalue weighted by atomic mass is 9.98. The summed E-state index contributed by atoms with van der Waals surface area (Å²) in [7, 11) is 1.58. The number of amides is 2. The summed E-state index contributed by atoms with van der Waals surface area (Å²) in [6.45, 7) is 4.06. The topological polar surface area (TPSA) is 84.9 Å². The molecule has 0 aliphatic carbocycles. The van der Waals surface area contributed by atoms with Crippen LogP contribution in [0.2, 0.25) is 0 Å². The number of methoxy groups -OCH3 is 1. The van der Waals surface area contributed by atoms with E-state index in [9.17, 15) is 14.4 Å². The van der Waals surface area contributed by atoms with Crippen molar-refractivity contribution >= 4 is 40.9 Å². The summed E-state index contributed by atoms with van der Waals surface area (Å²) in [6.07, 6.45) is 0.235. The molecular weight excluding hydrogens is 436 g/mol. The lowest BCUT2D eigenvalue weighted by Gasteiger charge is -2.52. The number of nitrogens with one attached hydrogen (secondary N) is 1. The van der Waals surface area contributed by atoms with Crippen LogP contribution in [0.3, 0.4) is 0 Å². The van der Waals surface area contributed by atoms with E-state index < -0.39 is 18.1 Å². The summed E-state index contributed by atoms with van der Waals surface area (Å²) in [4.78, 5) is 40.3. The van der Waals surface area contributed by atoms with Crippen LogP contribution in [-0.2, 0) is 32.1 Å². The van der Waals surface area contributed by atoms with Crippen LogP contribution < -0.4 is 10.1 Å². The molecule has 3 heterocycles. The average Bonchev–Trinajstić information content (AvgIpc) is 3.29. The number of ether oxygens (including phenoxy) is 2. The van der Waals surface area contributed by atoms with Gasteiger partial charge in [-0.15, -0.1) is 23.1 Å². The van der Waals surface area contributed by atoms with Crippen molar-refractivity contribution < 1.29 is 23.9 Å². The van der Waals surface area contributed by atoms with E-state index in [4.69, 9.17) is 9.47 Å². The molecule has 0 bridgehead atoms. The van der Waals surface area contributed by atoms with Crippen molar-refractivity contribution in [2.75, 3.05) is 12.9 Å². The van der Waals surface area contributed by atoms with Crippen LogP contribution in [-0.4, -0.2) is 53.0 Å².